The predicted molar refractivity (Wildman–Crippen MR) is 90.8 cm³/mol. The van der Waals surface area contributed by atoms with Crippen molar-refractivity contribution in [2.75, 3.05) is 33.3 Å². The van der Waals surface area contributed by atoms with Gasteiger partial charge in [0.25, 0.3) is 5.91 Å². The minimum atomic E-state index is -0.331. The molecule has 2 heterocycles. The van der Waals surface area contributed by atoms with Crippen LogP contribution in [0.25, 0.3) is 0 Å². The molecule has 6 heteroatoms. The maximum Gasteiger partial charge on any atom is 0.253 e. The zero-order chi connectivity index (χ0) is 17.2. The third kappa shape index (κ3) is 2.89. The Labute approximate surface area is 142 Å². The average Bonchev–Trinajstić information content (AvgIpc) is 2.92. The molecule has 1 spiro atoms. The second kappa shape index (κ2) is 6.65. The molecule has 3 rings (SSSR count). The molecule has 6 nitrogen and oxygen atoms in total. The van der Waals surface area contributed by atoms with E-state index in [1.807, 2.05) is 9.80 Å². The van der Waals surface area contributed by atoms with Gasteiger partial charge in [0.15, 0.2) is 0 Å². The smallest absolute Gasteiger partial charge is 0.253 e. The molecule has 0 bridgehead atoms. The first-order valence-electron chi connectivity index (χ1n) is 8.19. The Balaban J connectivity index is 1.66. The molecule has 2 amide bonds. The van der Waals surface area contributed by atoms with Crippen LogP contribution < -0.4 is 10.1 Å². The zero-order valence-corrected chi connectivity index (χ0v) is 14.0. The van der Waals surface area contributed by atoms with Crippen LogP contribution in [-0.2, 0) is 4.79 Å². The Hall–Kier alpha value is -2.34. The van der Waals surface area contributed by atoms with Crippen LogP contribution in [0.3, 0.4) is 0 Å². The Kier molecular flexibility index (Phi) is 4.57. The summed E-state index contributed by atoms with van der Waals surface area (Å²) in [7, 11) is 1.60. The summed E-state index contributed by atoms with van der Waals surface area (Å²) in [4.78, 5) is 28.4. The minimum absolute atomic E-state index is 0.0205. The molecule has 0 aromatic heterocycles. The summed E-state index contributed by atoms with van der Waals surface area (Å²) >= 11 is 0. The fourth-order valence-electron chi connectivity index (χ4n) is 3.52. The summed E-state index contributed by atoms with van der Waals surface area (Å²) in [6, 6.07) is 7.16. The van der Waals surface area contributed by atoms with Gasteiger partial charge in [-0.3, -0.25) is 14.9 Å². The molecule has 0 aliphatic carbocycles. The van der Waals surface area contributed by atoms with E-state index in [4.69, 9.17) is 4.74 Å². The average molecular weight is 329 g/mol. The highest BCUT2D eigenvalue weighted by atomic mass is 16.5. The Morgan fingerprint density at radius 2 is 2.00 bits per heavy atom. The Morgan fingerprint density at radius 1 is 1.33 bits per heavy atom. The largest absolute Gasteiger partial charge is 0.497 e. The molecule has 2 aliphatic rings. The van der Waals surface area contributed by atoms with E-state index in [-0.39, 0.29) is 17.5 Å². The topological polar surface area (TPSA) is 61.9 Å². The molecule has 128 valence electrons. The van der Waals surface area contributed by atoms with E-state index in [0.717, 1.165) is 18.6 Å². The van der Waals surface area contributed by atoms with E-state index >= 15 is 0 Å². The highest BCUT2D eigenvalue weighted by molar-refractivity contribution is 5.94. The molecule has 1 aromatic carbocycles. The van der Waals surface area contributed by atoms with Crippen molar-refractivity contribution in [3.05, 3.63) is 42.5 Å². The van der Waals surface area contributed by atoms with Crippen molar-refractivity contribution < 1.29 is 14.3 Å². The summed E-state index contributed by atoms with van der Waals surface area (Å²) in [5.41, 5.74) is 0.326. The van der Waals surface area contributed by atoms with Crippen molar-refractivity contribution in [2.24, 2.45) is 0 Å². The van der Waals surface area contributed by atoms with Crippen LogP contribution in [0.4, 0.5) is 0 Å². The molecular weight excluding hydrogens is 306 g/mol. The number of amides is 2. The number of hydrogen-bond acceptors (Lipinski definition) is 4. The van der Waals surface area contributed by atoms with Gasteiger partial charge < -0.3 is 14.5 Å². The summed E-state index contributed by atoms with van der Waals surface area (Å²) in [6.45, 7) is 5.89. The van der Waals surface area contributed by atoms with E-state index in [2.05, 4.69) is 11.9 Å². The highest BCUT2D eigenvalue weighted by Gasteiger charge is 2.46. The van der Waals surface area contributed by atoms with Crippen LogP contribution in [0.1, 0.15) is 23.2 Å². The van der Waals surface area contributed by atoms with Gasteiger partial charge in [-0.1, -0.05) is 6.08 Å². The van der Waals surface area contributed by atoms with Crippen LogP contribution in [0.15, 0.2) is 36.9 Å². The molecule has 0 saturated carbocycles. The maximum absolute atomic E-state index is 12.6. The van der Waals surface area contributed by atoms with Gasteiger partial charge in [0.05, 0.1) is 19.3 Å². The minimum Gasteiger partial charge on any atom is -0.497 e. The first-order valence-corrected chi connectivity index (χ1v) is 8.19. The quantitative estimate of drug-likeness (QED) is 0.845. The lowest BCUT2D eigenvalue weighted by Crippen LogP contribution is -2.59. The second-order valence-corrected chi connectivity index (χ2v) is 6.20. The standard InChI is InChI=1S/C18H23N3O3/c1-3-10-21-16(22)13-19-18(21)8-11-20(12-9-18)17(23)14-4-6-15(24-2)7-5-14/h3-7,19H,1,8-13H2,2H3. The molecule has 2 fully saturated rings. The van der Waals surface area contributed by atoms with Crippen molar-refractivity contribution in [3.8, 4) is 5.75 Å². The van der Waals surface area contributed by atoms with Crippen LogP contribution in [0.2, 0.25) is 0 Å². The van der Waals surface area contributed by atoms with Crippen LogP contribution in [0.5, 0.6) is 5.75 Å². The lowest BCUT2D eigenvalue weighted by molar-refractivity contribution is -0.130. The van der Waals surface area contributed by atoms with E-state index < -0.39 is 0 Å². The molecule has 2 aliphatic heterocycles. The predicted octanol–water partition coefficient (Wildman–Crippen LogP) is 1.25. The summed E-state index contributed by atoms with van der Waals surface area (Å²) in [6.07, 6.45) is 3.21. The van der Waals surface area contributed by atoms with Crippen molar-refractivity contribution in [1.82, 2.24) is 15.1 Å². The van der Waals surface area contributed by atoms with E-state index in [9.17, 15) is 9.59 Å². The van der Waals surface area contributed by atoms with E-state index in [1.165, 1.54) is 0 Å². The summed E-state index contributed by atoms with van der Waals surface area (Å²) in [5, 5.41) is 3.35. The number of carbonyl (C=O) groups is 2. The Morgan fingerprint density at radius 3 is 2.58 bits per heavy atom. The summed E-state index contributed by atoms with van der Waals surface area (Å²) in [5.74, 6) is 0.856. The van der Waals surface area contributed by atoms with Crippen LogP contribution in [0, 0.1) is 0 Å². The third-order valence-electron chi connectivity index (χ3n) is 4.91. The number of rotatable bonds is 4. The fourth-order valence-corrected chi connectivity index (χ4v) is 3.52. The highest BCUT2D eigenvalue weighted by Crippen LogP contribution is 2.30. The van der Waals surface area contributed by atoms with Gasteiger partial charge in [-0.05, 0) is 24.3 Å². The van der Waals surface area contributed by atoms with E-state index in [1.54, 1.807) is 37.5 Å². The normalized spacial score (nSPS) is 19.6. The van der Waals surface area contributed by atoms with Crippen molar-refractivity contribution in [2.45, 2.75) is 18.5 Å². The molecule has 1 aromatic rings. The van der Waals surface area contributed by atoms with Gasteiger partial charge in [0.1, 0.15) is 5.75 Å². The molecule has 1 N–H and O–H groups in total. The zero-order valence-electron chi connectivity index (χ0n) is 14.0. The van der Waals surface area contributed by atoms with Gasteiger partial charge in [-0.25, -0.2) is 0 Å². The number of ether oxygens (including phenoxy) is 1. The van der Waals surface area contributed by atoms with Crippen molar-refractivity contribution >= 4 is 11.8 Å². The van der Waals surface area contributed by atoms with Crippen molar-refractivity contribution in [1.29, 1.82) is 0 Å². The molecule has 0 atom stereocenters. The van der Waals surface area contributed by atoms with Gasteiger partial charge in [-0.15, -0.1) is 6.58 Å². The van der Waals surface area contributed by atoms with Gasteiger partial charge >= 0.3 is 0 Å². The lowest BCUT2D eigenvalue weighted by atomic mass is 9.95. The molecular formula is C18H23N3O3. The maximum atomic E-state index is 12.6. The number of piperidine rings is 1. The van der Waals surface area contributed by atoms with Gasteiger partial charge in [0.2, 0.25) is 5.91 Å². The number of methoxy groups -OCH3 is 1. The number of hydrogen-bond donors (Lipinski definition) is 1. The first kappa shape index (κ1) is 16.5. The van der Waals surface area contributed by atoms with Gasteiger partial charge in [0, 0.05) is 38.0 Å². The number of nitrogens with one attached hydrogen (secondary N) is 1. The van der Waals surface area contributed by atoms with Crippen molar-refractivity contribution in [3.63, 3.8) is 0 Å². The summed E-state index contributed by atoms with van der Waals surface area (Å²) < 4.78 is 5.12. The van der Waals surface area contributed by atoms with E-state index in [0.29, 0.717) is 31.7 Å². The second-order valence-electron chi connectivity index (χ2n) is 6.20. The van der Waals surface area contributed by atoms with Crippen LogP contribution in [-0.4, -0.2) is 60.6 Å². The molecule has 0 radical (unpaired) electrons. The third-order valence-corrected chi connectivity index (χ3v) is 4.91. The Bertz CT molecular complexity index is 633. The van der Waals surface area contributed by atoms with Gasteiger partial charge in [-0.2, -0.15) is 0 Å². The number of nitrogens with zero attached hydrogens (tertiary/aromatic N) is 2. The number of likely N-dealkylation sites (tertiary alicyclic amines) is 1. The molecule has 0 unspecified atom stereocenters. The SMILES string of the molecule is C=CCN1C(=O)CNC12CCN(C(=O)c1ccc(OC)cc1)CC2. The van der Waals surface area contributed by atoms with Crippen LogP contribution >= 0.6 is 0 Å². The first-order chi connectivity index (χ1) is 11.6. The molecule has 2 saturated heterocycles. The lowest BCUT2D eigenvalue weighted by Gasteiger charge is -2.44. The monoisotopic (exact) mass is 329 g/mol. The fraction of sp³-hybridized carbons (Fsp3) is 0.444. The molecule has 24 heavy (non-hydrogen) atoms. The number of carbonyl (C=O) groups excluding carboxylic acids is 2. The number of benzene rings is 1.